The summed E-state index contributed by atoms with van der Waals surface area (Å²) in [7, 11) is -3.57. The van der Waals surface area contributed by atoms with Gasteiger partial charge in [-0.3, -0.25) is 9.52 Å². The van der Waals surface area contributed by atoms with E-state index in [4.69, 9.17) is 0 Å². The van der Waals surface area contributed by atoms with E-state index < -0.39 is 15.4 Å². The molecule has 0 aliphatic heterocycles. The fourth-order valence-electron chi connectivity index (χ4n) is 4.77. The van der Waals surface area contributed by atoms with Crippen molar-refractivity contribution in [2.24, 2.45) is 16.7 Å². The Kier molecular flexibility index (Phi) is 4.73. The summed E-state index contributed by atoms with van der Waals surface area (Å²) in [5.41, 5.74) is 0.844. The van der Waals surface area contributed by atoms with Crippen LogP contribution in [0.5, 0.6) is 0 Å². The monoisotopic (exact) mass is 363 g/mol. The van der Waals surface area contributed by atoms with Crippen molar-refractivity contribution in [3.05, 3.63) is 29.8 Å². The van der Waals surface area contributed by atoms with Gasteiger partial charge in [0.25, 0.3) is 0 Å². The van der Waals surface area contributed by atoms with E-state index in [1.54, 1.807) is 0 Å². The van der Waals surface area contributed by atoms with Crippen LogP contribution in [0, 0.1) is 16.7 Å². The molecule has 1 N–H and O–H groups in total. The Balaban J connectivity index is 1.73. The number of sulfonamides is 1. The van der Waals surface area contributed by atoms with E-state index in [1.807, 2.05) is 24.3 Å². The number of fused-ring (bicyclic) bond motifs is 2. The van der Waals surface area contributed by atoms with Crippen molar-refractivity contribution in [2.75, 3.05) is 10.5 Å². The molecule has 1 aromatic rings. The van der Waals surface area contributed by atoms with Crippen molar-refractivity contribution in [2.45, 2.75) is 59.3 Å². The van der Waals surface area contributed by atoms with E-state index in [2.05, 4.69) is 25.5 Å². The molecule has 2 saturated carbocycles. The largest absolute Gasteiger partial charge is 0.299 e. The summed E-state index contributed by atoms with van der Waals surface area (Å²) in [5, 5.41) is 0. The third-order valence-corrected chi connectivity index (χ3v) is 8.04. The molecule has 2 bridgehead atoms. The molecule has 0 heterocycles. The van der Waals surface area contributed by atoms with Crippen LogP contribution in [-0.2, 0) is 21.2 Å². The number of Topliss-reactive ketones (excluding diaryl/α,β-unsaturated/α-hetero) is 1. The lowest BCUT2D eigenvalue weighted by atomic mass is 9.70. The minimum absolute atomic E-state index is 0.0973. The Bertz CT molecular complexity index is 752. The molecule has 2 aliphatic carbocycles. The lowest BCUT2D eigenvalue weighted by Crippen LogP contribution is -2.43. The van der Waals surface area contributed by atoms with Crippen LogP contribution in [0.15, 0.2) is 24.3 Å². The van der Waals surface area contributed by atoms with Crippen LogP contribution in [0.25, 0.3) is 0 Å². The summed E-state index contributed by atoms with van der Waals surface area (Å²) in [4.78, 5) is 12.6. The van der Waals surface area contributed by atoms with Crippen LogP contribution in [0.2, 0.25) is 0 Å². The molecule has 25 heavy (non-hydrogen) atoms. The van der Waals surface area contributed by atoms with Crippen LogP contribution in [0.3, 0.4) is 0 Å². The Morgan fingerprint density at radius 1 is 1.20 bits per heavy atom. The molecule has 4 nitrogen and oxygen atoms in total. The second-order valence-corrected chi connectivity index (χ2v) is 10.1. The summed E-state index contributed by atoms with van der Waals surface area (Å²) in [5.74, 6) is 0.363. The van der Waals surface area contributed by atoms with Crippen LogP contribution >= 0.6 is 0 Å². The number of benzene rings is 1. The molecule has 2 atom stereocenters. The number of hydrogen-bond acceptors (Lipinski definition) is 3. The van der Waals surface area contributed by atoms with Gasteiger partial charge in [-0.15, -0.1) is 0 Å². The average Bonchev–Trinajstić information content (AvgIpc) is 2.87. The molecule has 3 rings (SSSR count). The first-order valence-corrected chi connectivity index (χ1v) is 11.0. The molecule has 138 valence electrons. The fraction of sp³-hybridized carbons (Fsp3) is 0.650. The Morgan fingerprint density at radius 2 is 1.88 bits per heavy atom. The summed E-state index contributed by atoms with van der Waals surface area (Å²) < 4.78 is 28.2. The quantitative estimate of drug-likeness (QED) is 0.791. The van der Waals surface area contributed by atoms with Crippen molar-refractivity contribution in [1.29, 1.82) is 0 Å². The lowest BCUT2D eigenvalue weighted by molar-refractivity contribution is -0.128. The second kappa shape index (κ2) is 6.42. The van der Waals surface area contributed by atoms with Gasteiger partial charge in [-0.1, -0.05) is 39.3 Å². The van der Waals surface area contributed by atoms with Crippen molar-refractivity contribution in [3.63, 3.8) is 0 Å². The van der Waals surface area contributed by atoms with Crippen LogP contribution in [0.1, 0.15) is 58.4 Å². The molecule has 2 fully saturated rings. The zero-order valence-corrected chi connectivity index (χ0v) is 16.3. The molecular formula is C20H29NO3S. The molecule has 5 heteroatoms. The number of aryl methyl sites for hydroxylation is 1. The SMILES string of the molecule is CCCCc1ccc(NS(=O)(=O)C[C@@]23CC[C@@H](CC2=O)C3(C)C)cc1. The smallest absolute Gasteiger partial charge is 0.233 e. The minimum Gasteiger partial charge on any atom is -0.299 e. The van der Waals surface area contributed by atoms with Gasteiger partial charge in [0.05, 0.1) is 11.2 Å². The first kappa shape index (κ1) is 18.4. The fourth-order valence-corrected chi connectivity index (χ4v) is 6.66. The topological polar surface area (TPSA) is 63.2 Å². The standard InChI is InChI=1S/C20H29NO3S/c1-4-5-6-15-7-9-17(10-8-15)21-25(23,24)14-20-12-11-16(13-18(20)22)19(20,2)3/h7-10,16,21H,4-6,11-14H2,1-3H3/t16-,20-/m0/s1. The van der Waals surface area contributed by atoms with E-state index in [0.717, 1.165) is 25.7 Å². The maximum absolute atomic E-state index is 12.8. The maximum atomic E-state index is 12.8. The highest BCUT2D eigenvalue weighted by molar-refractivity contribution is 7.92. The van der Waals surface area contributed by atoms with Gasteiger partial charge in [0.15, 0.2) is 0 Å². The van der Waals surface area contributed by atoms with Gasteiger partial charge in [0.2, 0.25) is 10.0 Å². The van der Waals surface area contributed by atoms with Gasteiger partial charge in [-0.25, -0.2) is 8.42 Å². The number of ketones is 1. The Morgan fingerprint density at radius 3 is 2.40 bits per heavy atom. The third-order valence-electron chi connectivity index (χ3n) is 6.62. The highest BCUT2D eigenvalue weighted by Crippen LogP contribution is 2.64. The molecule has 2 aliphatic rings. The number of anilines is 1. The summed E-state index contributed by atoms with van der Waals surface area (Å²) >= 11 is 0. The summed E-state index contributed by atoms with van der Waals surface area (Å²) in [6.07, 6.45) is 5.47. The number of hydrogen-bond donors (Lipinski definition) is 1. The number of carbonyl (C=O) groups excluding carboxylic acids is 1. The molecule has 1 aromatic carbocycles. The van der Waals surface area contributed by atoms with E-state index in [0.29, 0.717) is 24.4 Å². The highest BCUT2D eigenvalue weighted by Gasteiger charge is 2.65. The first-order valence-electron chi connectivity index (χ1n) is 9.33. The van der Waals surface area contributed by atoms with E-state index >= 15 is 0 Å². The number of nitrogens with one attached hydrogen (secondary N) is 1. The summed E-state index contributed by atoms with van der Waals surface area (Å²) in [6.45, 7) is 6.28. The second-order valence-electron chi connectivity index (χ2n) is 8.33. The van der Waals surface area contributed by atoms with Crippen LogP contribution in [0.4, 0.5) is 5.69 Å². The zero-order valence-electron chi connectivity index (χ0n) is 15.5. The zero-order chi connectivity index (χ0) is 18.3. The average molecular weight is 364 g/mol. The Labute approximate surface area is 151 Å². The molecule has 0 aromatic heterocycles. The van der Waals surface area contributed by atoms with Gasteiger partial charge in [0.1, 0.15) is 5.78 Å². The molecule has 0 amide bonds. The number of unbranched alkanes of at least 4 members (excludes halogenated alkanes) is 1. The third kappa shape index (κ3) is 3.23. The summed E-state index contributed by atoms with van der Waals surface area (Å²) in [6, 6.07) is 7.59. The van der Waals surface area contributed by atoms with Crippen LogP contribution < -0.4 is 4.72 Å². The number of rotatable bonds is 7. The van der Waals surface area contributed by atoms with Gasteiger partial charge < -0.3 is 0 Å². The number of carbonyl (C=O) groups is 1. The van der Waals surface area contributed by atoms with Gasteiger partial charge in [-0.2, -0.15) is 0 Å². The predicted octanol–water partition coefficient (Wildman–Crippen LogP) is 4.17. The predicted molar refractivity (Wildman–Crippen MR) is 101 cm³/mol. The highest BCUT2D eigenvalue weighted by atomic mass is 32.2. The van der Waals surface area contributed by atoms with Gasteiger partial charge >= 0.3 is 0 Å². The Hall–Kier alpha value is -1.36. The lowest BCUT2D eigenvalue weighted by Gasteiger charge is -2.36. The first-order chi connectivity index (χ1) is 11.7. The van der Waals surface area contributed by atoms with Crippen molar-refractivity contribution < 1.29 is 13.2 Å². The van der Waals surface area contributed by atoms with Crippen molar-refractivity contribution in [1.82, 2.24) is 0 Å². The van der Waals surface area contributed by atoms with Crippen molar-refractivity contribution >= 4 is 21.5 Å². The van der Waals surface area contributed by atoms with Gasteiger partial charge in [-0.05, 0) is 54.7 Å². The minimum atomic E-state index is -3.57. The molecule has 0 spiro atoms. The normalized spacial score (nSPS) is 27.6. The van der Waals surface area contributed by atoms with E-state index in [9.17, 15) is 13.2 Å². The molecule has 0 saturated heterocycles. The van der Waals surface area contributed by atoms with E-state index in [-0.39, 0.29) is 17.0 Å². The van der Waals surface area contributed by atoms with Gasteiger partial charge in [0, 0.05) is 12.1 Å². The molecular weight excluding hydrogens is 334 g/mol. The van der Waals surface area contributed by atoms with Crippen molar-refractivity contribution in [3.8, 4) is 0 Å². The van der Waals surface area contributed by atoms with Crippen LogP contribution in [-0.4, -0.2) is 20.0 Å². The maximum Gasteiger partial charge on any atom is 0.233 e. The molecule has 0 radical (unpaired) electrons. The van der Waals surface area contributed by atoms with E-state index in [1.165, 1.54) is 5.56 Å². The molecule has 0 unspecified atom stereocenters.